The summed E-state index contributed by atoms with van der Waals surface area (Å²) in [7, 11) is 0. The summed E-state index contributed by atoms with van der Waals surface area (Å²) >= 11 is 7.79. The maximum atomic E-state index is 12.3. The Balaban J connectivity index is 1.49. The molecule has 3 aromatic heterocycles. The molecule has 0 radical (unpaired) electrons. The Morgan fingerprint density at radius 1 is 1.27 bits per heavy atom. The molecule has 1 aliphatic heterocycles. The van der Waals surface area contributed by atoms with Gasteiger partial charge >= 0.3 is 6.09 Å². The first-order valence-electron chi connectivity index (χ1n) is 10.7. The Hall–Kier alpha value is -2.72. The van der Waals surface area contributed by atoms with Crippen LogP contribution in [0.2, 0.25) is 5.02 Å². The van der Waals surface area contributed by atoms with Gasteiger partial charge < -0.3 is 20.7 Å². The summed E-state index contributed by atoms with van der Waals surface area (Å²) in [5, 5.41) is 11.8. The van der Waals surface area contributed by atoms with Crippen LogP contribution in [0.3, 0.4) is 0 Å². The number of hydrogen-bond donors (Lipinski definition) is 3. The Labute approximate surface area is 201 Å². The van der Waals surface area contributed by atoms with Gasteiger partial charge in [0, 0.05) is 46.2 Å². The van der Waals surface area contributed by atoms with Crippen LogP contribution in [0.5, 0.6) is 0 Å². The zero-order chi connectivity index (χ0) is 23.8. The van der Waals surface area contributed by atoms with Crippen LogP contribution in [0.15, 0.2) is 34.4 Å². The molecule has 11 heteroatoms. The van der Waals surface area contributed by atoms with Gasteiger partial charge in [-0.1, -0.05) is 23.4 Å². The molecule has 1 aliphatic rings. The number of carbonyl (C=O) groups is 1. The Morgan fingerprint density at radius 2 is 2.00 bits per heavy atom. The molecular formula is C22H28ClN7O2S. The molecule has 0 aliphatic carbocycles. The smallest absolute Gasteiger partial charge is 0.408 e. The average molecular weight is 490 g/mol. The summed E-state index contributed by atoms with van der Waals surface area (Å²) in [6, 6.07) is 1.83. The highest BCUT2D eigenvalue weighted by Gasteiger charge is 2.34. The minimum atomic E-state index is -0.525. The van der Waals surface area contributed by atoms with E-state index in [0.29, 0.717) is 10.8 Å². The number of piperidine rings is 1. The second-order valence-electron chi connectivity index (χ2n) is 9.39. The van der Waals surface area contributed by atoms with Crippen LogP contribution in [-0.4, -0.2) is 50.5 Å². The highest BCUT2D eigenvalue weighted by molar-refractivity contribution is 7.99. The molecule has 0 aromatic carbocycles. The molecule has 0 unspecified atom stereocenters. The van der Waals surface area contributed by atoms with Gasteiger partial charge in [0.15, 0.2) is 5.82 Å². The van der Waals surface area contributed by atoms with Crippen molar-refractivity contribution in [2.45, 2.75) is 61.5 Å². The van der Waals surface area contributed by atoms with Crippen molar-refractivity contribution in [1.29, 1.82) is 0 Å². The van der Waals surface area contributed by atoms with E-state index in [4.69, 9.17) is 27.1 Å². The summed E-state index contributed by atoms with van der Waals surface area (Å²) in [5.41, 5.74) is 5.84. The lowest BCUT2D eigenvalue weighted by atomic mass is 9.89. The standard InChI is InChI=1S/C22H28ClN7O2S/c1-21(2,3)32-20(31)28-22(4)6-9-30(10-7-22)19-17-13(11-27-29-17)15(12-26-19)33-14-5-8-25-18(24)16(14)23/h5,8,11-12H,6-7,9-10H2,1-4H3,(H2,24,25)(H,27,29)(H,28,31). The molecule has 1 fully saturated rings. The number of amides is 1. The van der Waals surface area contributed by atoms with Gasteiger partial charge in [-0.3, -0.25) is 5.10 Å². The lowest BCUT2D eigenvalue weighted by Crippen LogP contribution is -2.54. The van der Waals surface area contributed by atoms with Gasteiger partial charge in [-0.15, -0.1) is 0 Å². The molecule has 3 aromatic rings. The highest BCUT2D eigenvalue weighted by atomic mass is 35.5. The van der Waals surface area contributed by atoms with Gasteiger partial charge in [-0.25, -0.2) is 14.8 Å². The number of nitrogens with two attached hydrogens (primary N) is 1. The van der Waals surface area contributed by atoms with Crippen molar-refractivity contribution >= 4 is 52.0 Å². The predicted octanol–water partition coefficient (Wildman–Crippen LogP) is 4.62. The topological polar surface area (TPSA) is 122 Å². The van der Waals surface area contributed by atoms with Gasteiger partial charge in [-0.05, 0) is 46.6 Å². The van der Waals surface area contributed by atoms with E-state index in [-0.39, 0.29) is 11.6 Å². The maximum Gasteiger partial charge on any atom is 0.408 e. The molecule has 1 saturated heterocycles. The normalized spacial score (nSPS) is 16.1. The molecule has 4 N–H and O–H groups in total. The molecule has 33 heavy (non-hydrogen) atoms. The third-order valence-corrected chi connectivity index (χ3v) is 7.12. The number of halogens is 1. The third kappa shape index (κ3) is 5.27. The van der Waals surface area contributed by atoms with Crippen molar-refractivity contribution in [1.82, 2.24) is 25.5 Å². The minimum Gasteiger partial charge on any atom is -0.444 e. The number of ether oxygens (including phenoxy) is 1. The monoisotopic (exact) mass is 489 g/mol. The van der Waals surface area contributed by atoms with Gasteiger partial charge in [0.25, 0.3) is 0 Å². The molecule has 0 spiro atoms. The molecule has 176 valence electrons. The number of aromatic nitrogens is 4. The van der Waals surface area contributed by atoms with E-state index in [9.17, 15) is 4.79 Å². The second kappa shape index (κ2) is 8.90. The number of carbonyl (C=O) groups excluding carboxylic acids is 1. The molecule has 0 atom stereocenters. The molecule has 4 heterocycles. The van der Waals surface area contributed by atoms with Crippen LogP contribution in [0.1, 0.15) is 40.5 Å². The van der Waals surface area contributed by atoms with Crippen molar-refractivity contribution in [3.8, 4) is 0 Å². The first-order valence-corrected chi connectivity index (χ1v) is 11.9. The number of anilines is 2. The highest BCUT2D eigenvalue weighted by Crippen LogP contribution is 2.40. The molecule has 0 bridgehead atoms. The van der Waals surface area contributed by atoms with Crippen LogP contribution in [0, 0.1) is 0 Å². The number of rotatable bonds is 4. The van der Waals surface area contributed by atoms with E-state index in [2.05, 4.69) is 32.3 Å². The fraction of sp³-hybridized carbons (Fsp3) is 0.455. The molecule has 4 rings (SSSR count). The number of pyridine rings is 2. The van der Waals surface area contributed by atoms with E-state index in [1.807, 2.05) is 33.0 Å². The number of H-pyrrole nitrogens is 1. The Bertz CT molecular complexity index is 1170. The van der Waals surface area contributed by atoms with E-state index in [1.54, 1.807) is 12.4 Å². The zero-order valence-corrected chi connectivity index (χ0v) is 20.7. The SMILES string of the molecule is CC1(NC(=O)OC(C)(C)C)CCN(c2ncc(Sc3ccnc(N)c3Cl)c3cn[nH]c23)CC1. The number of alkyl carbamates (subject to hydrolysis) is 1. The summed E-state index contributed by atoms with van der Waals surface area (Å²) < 4.78 is 5.43. The zero-order valence-electron chi connectivity index (χ0n) is 19.1. The lowest BCUT2D eigenvalue weighted by molar-refractivity contribution is 0.0448. The van der Waals surface area contributed by atoms with E-state index in [0.717, 1.165) is 52.4 Å². The van der Waals surface area contributed by atoms with Gasteiger partial charge in [0.05, 0.1) is 11.2 Å². The van der Waals surface area contributed by atoms with Crippen molar-refractivity contribution in [2.75, 3.05) is 23.7 Å². The number of aromatic amines is 1. The summed E-state index contributed by atoms with van der Waals surface area (Å²) in [4.78, 5) is 25.0. The number of hydrogen-bond acceptors (Lipinski definition) is 8. The number of nitrogens with one attached hydrogen (secondary N) is 2. The van der Waals surface area contributed by atoms with Crippen molar-refractivity contribution in [3.05, 3.63) is 29.7 Å². The van der Waals surface area contributed by atoms with E-state index >= 15 is 0 Å². The van der Waals surface area contributed by atoms with Crippen LogP contribution in [0.4, 0.5) is 16.4 Å². The van der Waals surface area contributed by atoms with Crippen molar-refractivity contribution < 1.29 is 9.53 Å². The van der Waals surface area contributed by atoms with Crippen molar-refractivity contribution in [2.24, 2.45) is 0 Å². The van der Waals surface area contributed by atoms with Gasteiger partial charge in [0.2, 0.25) is 0 Å². The summed E-state index contributed by atoms with van der Waals surface area (Å²) in [6.07, 6.45) is 6.41. The maximum absolute atomic E-state index is 12.3. The summed E-state index contributed by atoms with van der Waals surface area (Å²) in [5.74, 6) is 1.14. The van der Waals surface area contributed by atoms with Crippen LogP contribution in [-0.2, 0) is 4.74 Å². The predicted molar refractivity (Wildman–Crippen MR) is 131 cm³/mol. The van der Waals surface area contributed by atoms with Crippen molar-refractivity contribution in [3.63, 3.8) is 0 Å². The van der Waals surface area contributed by atoms with Crippen LogP contribution in [0.25, 0.3) is 10.9 Å². The van der Waals surface area contributed by atoms with E-state index in [1.165, 1.54) is 11.8 Å². The number of nitrogen functional groups attached to an aromatic ring is 1. The van der Waals surface area contributed by atoms with Crippen LogP contribution >= 0.6 is 23.4 Å². The van der Waals surface area contributed by atoms with E-state index < -0.39 is 5.60 Å². The summed E-state index contributed by atoms with van der Waals surface area (Å²) in [6.45, 7) is 9.12. The fourth-order valence-corrected chi connectivity index (χ4v) is 4.90. The number of nitrogens with zero attached hydrogens (tertiary/aromatic N) is 4. The lowest BCUT2D eigenvalue weighted by Gasteiger charge is -2.40. The fourth-order valence-electron chi connectivity index (χ4n) is 3.74. The van der Waals surface area contributed by atoms with Crippen LogP contribution < -0.4 is 16.0 Å². The average Bonchev–Trinajstić information content (AvgIpc) is 3.21. The molecule has 0 saturated carbocycles. The first-order chi connectivity index (χ1) is 15.5. The Kier molecular flexibility index (Phi) is 6.32. The molecule has 1 amide bonds. The quantitative estimate of drug-likeness (QED) is 0.485. The first kappa shape index (κ1) is 23.4. The van der Waals surface area contributed by atoms with Gasteiger partial charge in [-0.2, -0.15) is 5.10 Å². The van der Waals surface area contributed by atoms with Gasteiger partial charge in [0.1, 0.15) is 16.9 Å². The number of fused-ring (bicyclic) bond motifs is 1. The minimum absolute atomic E-state index is 0.297. The Morgan fingerprint density at radius 3 is 2.70 bits per heavy atom. The third-order valence-electron chi connectivity index (χ3n) is 5.50. The second-order valence-corrected chi connectivity index (χ2v) is 10.9. The molecular weight excluding hydrogens is 462 g/mol. The molecule has 9 nitrogen and oxygen atoms in total. The largest absolute Gasteiger partial charge is 0.444 e.